The summed E-state index contributed by atoms with van der Waals surface area (Å²) in [7, 11) is 0. The zero-order valence-electron chi connectivity index (χ0n) is 11.4. The minimum atomic E-state index is 0.222. The Bertz CT molecular complexity index is 308. The number of nitrogens with one attached hydrogen (secondary N) is 1. The molecule has 1 aliphatic carbocycles. The zero-order valence-corrected chi connectivity index (χ0v) is 11.4. The molecule has 1 N–H and O–H groups in total. The van der Waals surface area contributed by atoms with E-state index >= 15 is 0 Å². The van der Waals surface area contributed by atoms with Gasteiger partial charge in [-0.3, -0.25) is 9.69 Å². The monoisotopic (exact) mass is 251 g/mol. The van der Waals surface area contributed by atoms with Gasteiger partial charge in [0.25, 0.3) is 0 Å². The van der Waals surface area contributed by atoms with Gasteiger partial charge in [-0.2, -0.15) is 0 Å². The standard InChI is InChI=1S/C14H25N3O/c1-11-8-15-9-13(11)14(18)17-6-4-16(5-7-17)10-12-2-3-12/h11-13,15H,2-10H2,1H3. The lowest BCUT2D eigenvalue weighted by atomic mass is 9.96. The third kappa shape index (κ3) is 2.69. The van der Waals surface area contributed by atoms with Crippen LogP contribution in [0.15, 0.2) is 0 Å². The molecule has 0 aromatic carbocycles. The average molecular weight is 251 g/mol. The van der Waals surface area contributed by atoms with Crippen LogP contribution in [-0.4, -0.2) is 61.5 Å². The summed E-state index contributed by atoms with van der Waals surface area (Å²) >= 11 is 0. The molecule has 1 saturated carbocycles. The molecule has 3 aliphatic rings. The molecule has 102 valence electrons. The minimum absolute atomic E-state index is 0.222. The fourth-order valence-electron chi connectivity index (χ4n) is 3.19. The largest absolute Gasteiger partial charge is 0.340 e. The lowest BCUT2D eigenvalue weighted by Crippen LogP contribution is -2.51. The number of carbonyl (C=O) groups is 1. The molecule has 0 spiro atoms. The van der Waals surface area contributed by atoms with Gasteiger partial charge in [-0.25, -0.2) is 0 Å². The van der Waals surface area contributed by atoms with Crippen LogP contribution in [0.2, 0.25) is 0 Å². The van der Waals surface area contributed by atoms with Crippen molar-refractivity contribution in [1.29, 1.82) is 0 Å². The normalized spacial score (nSPS) is 33.9. The van der Waals surface area contributed by atoms with Crippen LogP contribution >= 0.6 is 0 Å². The molecule has 2 heterocycles. The lowest BCUT2D eigenvalue weighted by Gasteiger charge is -2.36. The van der Waals surface area contributed by atoms with Crippen LogP contribution in [0.4, 0.5) is 0 Å². The van der Waals surface area contributed by atoms with Gasteiger partial charge in [0.1, 0.15) is 0 Å². The van der Waals surface area contributed by atoms with Gasteiger partial charge in [0.15, 0.2) is 0 Å². The molecular weight excluding hydrogens is 226 g/mol. The van der Waals surface area contributed by atoms with Crippen molar-refractivity contribution in [3.05, 3.63) is 0 Å². The predicted molar refractivity (Wildman–Crippen MR) is 71.3 cm³/mol. The van der Waals surface area contributed by atoms with Gasteiger partial charge in [0, 0.05) is 39.3 Å². The van der Waals surface area contributed by atoms with Gasteiger partial charge in [-0.05, 0) is 31.2 Å². The molecule has 3 rings (SSSR count). The van der Waals surface area contributed by atoms with Crippen molar-refractivity contribution < 1.29 is 4.79 Å². The van der Waals surface area contributed by atoms with Gasteiger partial charge < -0.3 is 10.2 Å². The van der Waals surface area contributed by atoms with E-state index in [0.29, 0.717) is 11.8 Å². The number of hydrogen-bond acceptors (Lipinski definition) is 3. The van der Waals surface area contributed by atoms with Crippen LogP contribution in [0.3, 0.4) is 0 Å². The van der Waals surface area contributed by atoms with E-state index < -0.39 is 0 Å². The van der Waals surface area contributed by atoms with E-state index in [1.165, 1.54) is 19.4 Å². The summed E-state index contributed by atoms with van der Waals surface area (Å²) in [6.45, 7) is 9.37. The molecule has 0 radical (unpaired) electrons. The summed E-state index contributed by atoms with van der Waals surface area (Å²) in [5.41, 5.74) is 0. The maximum Gasteiger partial charge on any atom is 0.227 e. The first-order valence-corrected chi connectivity index (χ1v) is 7.46. The Hall–Kier alpha value is -0.610. The van der Waals surface area contributed by atoms with E-state index in [-0.39, 0.29) is 5.92 Å². The average Bonchev–Trinajstić information content (AvgIpc) is 3.09. The van der Waals surface area contributed by atoms with Gasteiger partial charge in [-0.15, -0.1) is 0 Å². The summed E-state index contributed by atoms with van der Waals surface area (Å²) in [6, 6.07) is 0. The molecule has 18 heavy (non-hydrogen) atoms. The first kappa shape index (κ1) is 12.4. The number of piperazine rings is 1. The Morgan fingerprint density at radius 2 is 1.89 bits per heavy atom. The highest BCUT2D eigenvalue weighted by atomic mass is 16.2. The number of rotatable bonds is 3. The molecule has 0 aromatic heterocycles. The minimum Gasteiger partial charge on any atom is -0.340 e. The molecule has 2 atom stereocenters. The second-order valence-electron chi connectivity index (χ2n) is 6.31. The smallest absolute Gasteiger partial charge is 0.227 e. The molecule has 2 saturated heterocycles. The van der Waals surface area contributed by atoms with Crippen molar-refractivity contribution >= 4 is 5.91 Å². The molecule has 2 aliphatic heterocycles. The number of hydrogen-bond donors (Lipinski definition) is 1. The summed E-state index contributed by atoms with van der Waals surface area (Å²) < 4.78 is 0. The number of amides is 1. The van der Waals surface area contributed by atoms with E-state index in [1.807, 2.05) is 0 Å². The molecule has 0 bridgehead atoms. The second kappa shape index (κ2) is 5.17. The van der Waals surface area contributed by atoms with E-state index in [0.717, 1.165) is 45.2 Å². The van der Waals surface area contributed by atoms with Gasteiger partial charge in [-0.1, -0.05) is 6.92 Å². The van der Waals surface area contributed by atoms with Gasteiger partial charge in [0.2, 0.25) is 5.91 Å². The van der Waals surface area contributed by atoms with Crippen LogP contribution in [0.1, 0.15) is 19.8 Å². The van der Waals surface area contributed by atoms with E-state index in [2.05, 4.69) is 22.0 Å². The van der Waals surface area contributed by atoms with Gasteiger partial charge >= 0.3 is 0 Å². The van der Waals surface area contributed by atoms with Crippen molar-refractivity contribution in [2.45, 2.75) is 19.8 Å². The van der Waals surface area contributed by atoms with Crippen LogP contribution in [-0.2, 0) is 4.79 Å². The summed E-state index contributed by atoms with van der Waals surface area (Å²) in [6.07, 6.45) is 2.84. The number of carbonyl (C=O) groups excluding carboxylic acids is 1. The molecule has 4 nitrogen and oxygen atoms in total. The topological polar surface area (TPSA) is 35.6 Å². The summed E-state index contributed by atoms with van der Waals surface area (Å²) in [4.78, 5) is 17.1. The van der Waals surface area contributed by atoms with Crippen LogP contribution in [0.5, 0.6) is 0 Å². The second-order valence-corrected chi connectivity index (χ2v) is 6.31. The van der Waals surface area contributed by atoms with Crippen molar-refractivity contribution in [3.63, 3.8) is 0 Å². The van der Waals surface area contributed by atoms with Crippen LogP contribution < -0.4 is 5.32 Å². The predicted octanol–water partition coefficient (Wildman–Crippen LogP) is 0.396. The quantitative estimate of drug-likeness (QED) is 0.788. The van der Waals surface area contributed by atoms with Crippen molar-refractivity contribution in [1.82, 2.24) is 15.1 Å². The van der Waals surface area contributed by atoms with E-state index in [9.17, 15) is 4.79 Å². The highest BCUT2D eigenvalue weighted by Gasteiger charge is 2.34. The maximum absolute atomic E-state index is 12.4. The van der Waals surface area contributed by atoms with Crippen molar-refractivity contribution in [2.24, 2.45) is 17.8 Å². The maximum atomic E-state index is 12.4. The fraction of sp³-hybridized carbons (Fsp3) is 0.929. The molecule has 0 aromatic rings. The van der Waals surface area contributed by atoms with Crippen molar-refractivity contribution in [3.8, 4) is 0 Å². The first-order chi connectivity index (χ1) is 8.74. The molecular formula is C14H25N3O. The Kier molecular flexibility index (Phi) is 3.57. The summed E-state index contributed by atoms with van der Waals surface area (Å²) in [5, 5.41) is 3.33. The Balaban J connectivity index is 1.47. The Morgan fingerprint density at radius 1 is 1.17 bits per heavy atom. The lowest BCUT2D eigenvalue weighted by molar-refractivity contribution is -0.137. The Labute approximate surface area is 110 Å². The van der Waals surface area contributed by atoms with Crippen molar-refractivity contribution in [2.75, 3.05) is 45.8 Å². The van der Waals surface area contributed by atoms with E-state index in [4.69, 9.17) is 0 Å². The van der Waals surface area contributed by atoms with E-state index in [1.54, 1.807) is 0 Å². The fourth-order valence-corrected chi connectivity index (χ4v) is 3.19. The van der Waals surface area contributed by atoms with Crippen LogP contribution in [0, 0.1) is 17.8 Å². The highest BCUT2D eigenvalue weighted by molar-refractivity contribution is 5.79. The third-order valence-electron chi connectivity index (χ3n) is 4.73. The SMILES string of the molecule is CC1CNCC1C(=O)N1CCN(CC2CC2)CC1. The van der Waals surface area contributed by atoms with Gasteiger partial charge in [0.05, 0.1) is 5.92 Å². The highest BCUT2D eigenvalue weighted by Crippen LogP contribution is 2.30. The summed E-state index contributed by atoms with van der Waals surface area (Å²) in [5.74, 6) is 2.08. The Morgan fingerprint density at radius 3 is 2.44 bits per heavy atom. The molecule has 4 heteroatoms. The van der Waals surface area contributed by atoms with Crippen LogP contribution in [0.25, 0.3) is 0 Å². The molecule has 3 fully saturated rings. The zero-order chi connectivity index (χ0) is 12.5. The third-order valence-corrected chi connectivity index (χ3v) is 4.73. The molecule has 1 amide bonds. The molecule has 2 unspecified atom stereocenters. The first-order valence-electron chi connectivity index (χ1n) is 7.46. The number of nitrogens with zero attached hydrogens (tertiary/aromatic N) is 2.